The third-order valence-corrected chi connectivity index (χ3v) is 5.65. The molecule has 4 rings (SSSR count). The molecule has 0 amide bonds. The van der Waals surface area contributed by atoms with Crippen LogP contribution in [-0.2, 0) is 13.6 Å². The van der Waals surface area contributed by atoms with Crippen LogP contribution < -0.4 is 0 Å². The van der Waals surface area contributed by atoms with Gasteiger partial charge in [-0.05, 0) is 45.8 Å². The van der Waals surface area contributed by atoms with Crippen LogP contribution >= 0.6 is 27.7 Å². The maximum Gasteiger partial charge on any atom is 0.200 e. The van der Waals surface area contributed by atoms with Gasteiger partial charge in [0.2, 0.25) is 5.82 Å². The van der Waals surface area contributed by atoms with Crippen LogP contribution in [0, 0.1) is 0 Å². The Labute approximate surface area is 174 Å². The number of aromatic nitrogens is 4. The van der Waals surface area contributed by atoms with Crippen LogP contribution in [0.4, 0.5) is 0 Å². The fourth-order valence-electron chi connectivity index (χ4n) is 2.88. The van der Waals surface area contributed by atoms with Gasteiger partial charge in [-0.25, -0.2) is 0 Å². The summed E-state index contributed by atoms with van der Waals surface area (Å²) >= 11 is 4.71. The molecule has 0 spiro atoms. The first kappa shape index (κ1) is 18.8. The lowest BCUT2D eigenvalue weighted by atomic mass is 10.2. The third kappa shape index (κ3) is 3.98. The van der Waals surface area contributed by atoms with Gasteiger partial charge in [-0.2, -0.15) is 0 Å². The zero-order valence-electron chi connectivity index (χ0n) is 15.1. The molecule has 0 unspecified atom stereocenters. The zero-order valence-corrected chi connectivity index (χ0v) is 17.5. The van der Waals surface area contributed by atoms with Gasteiger partial charge in [0.05, 0.1) is 18.0 Å². The number of Topliss-reactive ketones (excluding diaryl/α,β-unsaturated/α-hetero) is 1. The minimum absolute atomic E-state index is 0.0501. The van der Waals surface area contributed by atoms with Crippen molar-refractivity contribution in [3.63, 3.8) is 0 Å². The molecule has 3 heterocycles. The molecule has 0 aliphatic rings. The van der Waals surface area contributed by atoms with E-state index in [-0.39, 0.29) is 11.5 Å². The van der Waals surface area contributed by atoms with Crippen LogP contribution in [0.3, 0.4) is 0 Å². The molecule has 6 nitrogen and oxygen atoms in total. The summed E-state index contributed by atoms with van der Waals surface area (Å²) in [5, 5.41) is 9.31. The van der Waals surface area contributed by atoms with Gasteiger partial charge >= 0.3 is 0 Å². The number of rotatable bonds is 7. The number of carbonyl (C=O) groups excluding carboxylic acids is 1. The van der Waals surface area contributed by atoms with Gasteiger partial charge in [0, 0.05) is 13.2 Å². The molecule has 0 aliphatic heterocycles. The highest BCUT2D eigenvalue weighted by Crippen LogP contribution is 2.28. The van der Waals surface area contributed by atoms with Gasteiger partial charge in [-0.3, -0.25) is 9.36 Å². The highest BCUT2D eigenvalue weighted by molar-refractivity contribution is 9.10. The summed E-state index contributed by atoms with van der Waals surface area (Å²) < 4.78 is 10.1. The predicted molar refractivity (Wildman–Crippen MR) is 111 cm³/mol. The Kier molecular flexibility index (Phi) is 5.50. The first-order chi connectivity index (χ1) is 13.6. The van der Waals surface area contributed by atoms with Crippen molar-refractivity contribution < 1.29 is 9.21 Å². The molecule has 0 N–H and O–H groups in total. The fourth-order valence-corrected chi connectivity index (χ4v) is 4.00. The lowest BCUT2D eigenvalue weighted by Gasteiger charge is -2.09. The zero-order chi connectivity index (χ0) is 19.5. The lowest BCUT2D eigenvalue weighted by Crippen LogP contribution is -2.09. The van der Waals surface area contributed by atoms with Crippen LogP contribution in [0.15, 0.2) is 75.0 Å². The molecule has 0 fully saturated rings. The number of benzene rings is 1. The highest BCUT2D eigenvalue weighted by Gasteiger charge is 2.19. The molecule has 142 valence electrons. The smallest absolute Gasteiger partial charge is 0.200 e. The average Bonchev–Trinajstić information content (AvgIpc) is 3.41. The van der Waals surface area contributed by atoms with Crippen molar-refractivity contribution in [3.05, 3.63) is 76.7 Å². The van der Waals surface area contributed by atoms with Crippen molar-refractivity contribution in [2.75, 3.05) is 5.75 Å². The summed E-state index contributed by atoms with van der Waals surface area (Å²) in [5.41, 5.74) is 1.79. The summed E-state index contributed by atoms with van der Waals surface area (Å²) in [6.07, 6.45) is 1.86. The molecule has 28 heavy (non-hydrogen) atoms. The number of nitrogens with zero attached hydrogens (tertiary/aromatic N) is 4. The van der Waals surface area contributed by atoms with E-state index in [1.807, 2.05) is 77.0 Å². The Morgan fingerprint density at radius 1 is 1.11 bits per heavy atom. The monoisotopic (exact) mass is 456 g/mol. The second kappa shape index (κ2) is 8.20. The molecule has 4 aromatic rings. The summed E-state index contributed by atoms with van der Waals surface area (Å²) in [6, 6.07) is 17.4. The van der Waals surface area contributed by atoms with E-state index in [9.17, 15) is 4.79 Å². The molecule has 0 saturated carbocycles. The molecule has 1 aromatic carbocycles. The number of hydrogen-bond donors (Lipinski definition) is 0. The number of carbonyl (C=O) groups is 1. The number of aryl methyl sites for hydroxylation is 1. The predicted octanol–water partition coefficient (Wildman–Crippen LogP) is 4.66. The SMILES string of the molecule is Cn1cccc1C(=O)CSc1nnc(-c2ccc(Br)o2)n1Cc1ccccc1. The maximum absolute atomic E-state index is 12.5. The molecule has 8 heteroatoms. The molecular formula is C20H17BrN4O2S. The maximum atomic E-state index is 12.5. The normalized spacial score (nSPS) is 11.1. The summed E-state index contributed by atoms with van der Waals surface area (Å²) in [6.45, 7) is 0.585. The number of furan rings is 1. The minimum Gasteiger partial charge on any atom is -0.446 e. The number of ketones is 1. The number of hydrogen-bond acceptors (Lipinski definition) is 5. The van der Waals surface area contributed by atoms with Crippen molar-refractivity contribution >= 4 is 33.5 Å². The van der Waals surface area contributed by atoms with Crippen LogP contribution in [0.25, 0.3) is 11.6 Å². The van der Waals surface area contributed by atoms with Crippen LogP contribution in [-0.4, -0.2) is 30.9 Å². The molecule has 0 aliphatic carbocycles. The van der Waals surface area contributed by atoms with Crippen LogP contribution in [0.5, 0.6) is 0 Å². The Morgan fingerprint density at radius 3 is 2.61 bits per heavy atom. The van der Waals surface area contributed by atoms with E-state index in [0.29, 0.717) is 33.6 Å². The van der Waals surface area contributed by atoms with Crippen LogP contribution in [0.2, 0.25) is 0 Å². The van der Waals surface area contributed by atoms with Crippen molar-refractivity contribution in [2.24, 2.45) is 7.05 Å². The van der Waals surface area contributed by atoms with Crippen molar-refractivity contribution in [1.29, 1.82) is 0 Å². The third-order valence-electron chi connectivity index (χ3n) is 4.26. The molecule has 0 atom stereocenters. The number of halogens is 1. The average molecular weight is 457 g/mol. The van der Waals surface area contributed by atoms with E-state index in [1.54, 1.807) is 0 Å². The van der Waals surface area contributed by atoms with Crippen molar-refractivity contribution in [1.82, 2.24) is 19.3 Å². The fraction of sp³-hybridized carbons (Fsp3) is 0.150. The largest absolute Gasteiger partial charge is 0.446 e. The Bertz CT molecular complexity index is 1100. The molecule has 0 bridgehead atoms. The van der Waals surface area contributed by atoms with E-state index in [0.717, 1.165) is 5.56 Å². The van der Waals surface area contributed by atoms with E-state index in [2.05, 4.69) is 26.1 Å². The molecule has 0 radical (unpaired) electrons. The van der Waals surface area contributed by atoms with Crippen molar-refractivity contribution in [3.8, 4) is 11.6 Å². The van der Waals surface area contributed by atoms with E-state index >= 15 is 0 Å². The molecule has 0 saturated heterocycles. The topological polar surface area (TPSA) is 65.8 Å². The van der Waals surface area contributed by atoms with Gasteiger partial charge < -0.3 is 8.98 Å². The summed E-state index contributed by atoms with van der Waals surface area (Å²) in [7, 11) is 1.86. The van der Waals surface area contributed by atoms with Crippen LogP contribution in [0.1, 0.15) is 16.1 Å². The first-order valence-electron chi connectivity index (χ1n) is 8.62. The van der Waals surface area contributed by atoms with Gasteiger partial charge in [-0.15, -0.1) is 10.2 Å². The quantitative estimate of drug-likeness (QED) is 0.298. The minimum atomic E-state index is 0.0501. The van der Waals surface area contributed by atoms with Gasteiger partial charge in [0.1, 0.15) is 0 Å². The Morgan fingerprint density at radius 2 is 1.93 bits per heavy atom. The van der Waals surface area contributed by atoms with Gasteiger partial charge in [0.25, 0.3) is 0 Å². The second-order valence-electron chi connectivity index (χ2n) is 6.20. The molecule has 3 aromatic heterocycles. The number of thioether (sulfide) groups is 1. The Balaban J connectivity index is 1.62. The van der Waals surface area contributed by atoms with E-state index < -0.39 is 0 Å². The molecular weight excluding hydrogens is 440 g/mol. The Hall–Kier alpha value is -2.58. The first-order valence-corrected chi connectivity index (χ1v) is 10.4. The van der Waals surface area contributed by atoms with Gasteiger partial charge in [-0.1, -0.05) is 42.1 Å². The van der Waals surface area contributed by atoms with Gasteiger partial charge in [0.15, 0.2) is 21.4 Å². The summed E-state index contributed by atoms with van der Waals surface area (Å²) in [4.78, 5) is 12.5. The highest BCUT2D eigenvalue weighted by atomic mass is 79.9. The standard InChI is InChI=1S/C20H17BrN4O2S/c1-24-11-5-8-15(24)16(26)13-28-20-23-22-19(17-9-10-18(21)27-17)25(20)12-14-6-3-2-4-7-14/h2-11H,12-13H2,1H3. The summed E-state index contributed by atoms with van der Waals surface area (Å²) in [5.74, 6) is 1.58. The lowest BCUT2D eigenvalue weighted by molar-refractivity contribution is 0.101. The van der Waals surface area contributed by atoms with E-state index in [4.69, 9.17) is 4.42 Å². The second-order valence-corrected chi connectivity index (χ2v) is 7.92. The van der Waals surface area contributed by atoms with Crippen molar-refractivity contribution in [2.45, 2.75) is 11.7 Å². The van der Waals surface area contributed by atoms with E-state index in [1.165, 1.54) is 11.8 Å².